The van der Waals surface area contributed by atoms with E-state index in [4.69, 9.17) is 5.41 Å². The van der Waals surface area contributed by atoms with Gasteiger partial charge in [0.05, 0.1) is 0 Å². The van der Waals surface area contributed by atoms with Crippen molar-refractivity contribution in [2.75, 3.05) is 0 Å². The second kappa shape index (κ2) is 9.24. The van der Waals surface area contributed by atoms with E-state index in [0.29, 0.717) is 5.92 Å². The summed E-state index contributed by atoms with van der Waals surface area (Å²) in [6.07, 6.45) is 4.84. The van der Waals surface area contributed by atoms with E-state index in [1.54, 1.807) is 12.2 Å². The first-order valence-corrected chi connectivity index (χ1v) is 4.78. The fraction of sp³-hybridized carbons (Fsp3) is 0.583. The smallest absolute Gasteiger partial charge is 0.0180 e. The molecule has 0 aliphatic carbocycles. The summed E-state index contributed by atoms with van der Waals surface area (Å²) in [4.78, 5) is 0. The molecule has 0 aromatic carbocycles. The van der Waals surface area contributed by atoms with Crippen LogP contribution in [-0.4, -0.2) is 6.21 Å². The monoisotopic (exact) mass is 181 g/mol. The van der Waals surface area contributed by atoms with Gasteiger partial charge in [0.2, 0.25) is 0 Å². The second-order valence-corrected chi connectivity index (χ2v) is 3.92. The van der Waals surface area contributed by atoms with Crippen molar-refractivity contribution in [3.05, 3.63) is 24.3 Å². The van der Waals surface area contributed by atoms with Crippen LogP contribution in [-0.2, 0) is 0 Å². The Bertz CT molecular complexity index is 161. The molecule has 0 atom stereocenters. The Morgan fingerprint density at radius 3 is 1.62 bits per heavy atom. The zero-order valence-electron chi connectivity index (χ0n) is 9.59. The van der Waals surface area contributed by atoms with E-state index >= 15 is 0 Å². The molecule has 0 amide bonds. The van der Waals surface area contributed by atoms with Gasteiger partial charge in [-0.05, 0) is 23.5 Å². The van der Waals surface area contributed by atoms with Crippen LogP contribution in [0.3, 0.4) is 0 Å². The first-order valence-electron chi connectivity index (χ1n) is 4.78. The highest BCUT2D eigenvalue weighted by atomic mass is 14.3. The van der Waals surface area contributed by atoms with Gasteiger partial charge in [0.1, 0.15) is 0 Å². The van der Waals surface area contributed by atoms with Gasteiger partial charge in [-0.2, -0.15) is 0 Å². The maximum absolute atomic E-state index is 6.78. The molecule has 13 heavy (non-hydrogen) atoms. The van der Waals surface area contributed by atoms with Gasteiger partial charge in [0.15, 0.2) is 0 Å². The molecule has 0 aliphatic rings. The number of hydrogen-bond donors (Lipinski definition) is 1. The molecule has 0 saturated heterocycles. The van der Waals surface area contributed by atoms with Crippen molar-refractivity contribution in [3.63, 3.8) is 0 Å². The Morgan fingerprint density at radius 1 is 1.15 bits per heavy atom. The van der Waals surface area contributed by atoms with Gasteiger partial charge in [-0.3, -0.25) is 0 Å². The molecule has 0 radical (unpaired) electrons. The summed E-state index contributed by atoms with van der Waals surface area (Å²) in [7, 11) is 0. The molecule has 1 N–H and O–H groups in total. The van der Waals surface area contributed by atoms with E-state index in [0.717, 1.165) is 11.5 Å². The van der Waals surface area contributed by atoms with Crippen molar-refractivity contribution in [2.45, 2.75) is 34.6 Å². The first-order chi connectivity index (χ1) is 5.95. The van der Waals surface area contributed by atoms with Crippen LogP contribution in [0.15, 0.2) is 24.3 Å². The van der Waals surface area contributed by atoms with E-state index < -0.39 is 0 Å². The SMILES string of the molecule is C=C/C(=C\C=N)C(C)C.CC(C)C. The zero-order chi connectivity index (χ0) is 10.9. The largest absolute Gasteiger partial charge is 0.309 e. The molecule has 0 rings (SSSR count). The summed E-state index contributed by atoms with van der Waals surface area (Å²) in [6.45, 7) is 14.3. The molecule has 76 valence electrons. The fourth-order valence-corrected chi connectivity index (χ4v) is 0.592. The summed E-state index contributed by atoms with van der Waals surface area (Å²) < 4.78 is 0. The maximum Gasteiger partial charge on any atom is 0.0180 e. The summed E-state index contributed by atoms with van der Waals surface area (Å²) in [5.41, 5.74) is 1.12. The predicted molar refractivity (Wildman–Crippen MR) is 62.4 cm³/mol. The Balaban J connectivity index is 0. The van der Waals surface area contributed by atoms with Crippen LogP contribution in [0.4, 0.5) is 0 Å². The van der Waals surface area contributed by atoms with Crippen molar-refractivity contribution in [1.82, 2.24) is 0 Å². The van der Waals surface area contributed by atoms with Crippen molar-refractivity contribution in [2.24, 2.45) is 11.8 Å². The minimum absolute atomic E-state index is 0.476. The minimum atomic E-state index is 0.476. The van der Waals surface area contributed by atoms with Gasteiger partial charge in [0.25, 0.3) is 0 Å². The Labute approximate surface area is 83.1 Å². The Kier molecular flexibility index (Phi) is 10.4. The van der Waals surface area contributed by atoms with E-state index in [1.807, 2.05) is 0 Å². The van der Waals surface area contributed by atoms with Crippen LogP contribution < -0.4 is 0 Å². The highest BCUT2D eigenvalue weighted by molar-refractivity contribution is 5.69. The first kappa shape index (κ1) is 14.7. The topological polar surface area (TPSA) is 23.9 Å². The lowest BCUT2D eigenvalue weighted by atomic mass is 10.0. The normalized spacial score (nSPS) is 10.8. The number of rotatable bonds is 3. The minimum Gasteiger partial charge on any atom is -0.309 e. The molecule has 0 heterocycles. The highest BCUT2D eigenvalue weighted by Gasteiger charge is 1.94. The molecule has 0 aliphatic heterocycles. The van der Waals surface area contributed by atoms with Crippen molar-refractivity contribution >= 4 is 6.21 Å². The van der Waals surface area contributed by atoms with Crippen LogP contribution in [0.2, 0.25) is 0 Å². The fourth-order valence-electron chi connectivity index (χ4n) is 0.592. The van der Waals surface area contributed by atoms with Crippen molar-refractivity contribution in [1.29, 1.82) is 5.41 Å². The molecule has 1 nitrogen and oxygen atoms in total. The molecular formula is C12H23N. The molecule has 0 aromatic rings. The zero-order valence-corrected chi connectivity index (χ0v) is 9.59. The third-order valence-electron chi connectivity index (χ3n) is 1.18. The van der Waals surface area contributed by atoms with E-state index in [2.05, 4.69) is 41.2 Å². The molecule has 0 fully saturated rings. The average molecular weight is 181 g/mol. The quantitative estimate of drug-likeness (QED) is 0.501. The van der Waals surface area contributed by atoms with Crippen molar-refractivity contribution < 1.29 is 0 Å². The number of allylic oxidation sites excluding steroid dienone is 3. The average Bonchev–Trinajstić information content (AvgIpc) is 1.98. The Hall–Kier alpha value is -0.850. The van der Waals surface area contributed by atoms with E-state index in [-0.39, 0.29) is 0 Å². The lowest BCUT2D eigenvalue weighted by Gasteiger charge is -2.02. The lowest BCUT2D eigenvalue weighted by Crippen LogP contribution is -1.89. The molecule has 0 bridgehead atoms. The standard InChI is InChI=1S/C8H13N.C4H10/c1-4-8(5-6-9)7(2)3;1-4(2)3/h4-7,9H,1H2,2-3H3;4H,1-3H3/b8-5+,9-6?;. The molecule has 1 heteroatoms. The van der Waals surface area contributed by atoms with E-state index in [9.17, 15) is 0 Å². The third kappa shape index (κ3) is 14.1. The van der Waals surface area contributed by atoms with Gasteiger partial charge >= 0.3 is 0 Å². The highest BCUT2D eigenvalue weighted by Crippen LogP contribution is 2.08. The van der Waals surface area contributed by atoms with Gasteiger partial charge < -0.3 is 5.41 Å². The van der Waals surface area contributed by atoms with Crippen molar-refractivity contribution in [3.8, 4) is 0 Å². The van der Waals surface area contributed by atoms with Gasteiger partial charge in [-0.15, -0.1) is 0 Å². The second-order valence-electron chi connectivity index (χ2n) is 3.92. The van der Waals surface area contributed by atoms with Crippen LogP contribution in [0, 0.1) is 17.2 Å². The molecular weight excluding hydrogens is 158 g/mol. The van der Waals surface area contributed by atoms with Gasteiger partial charge in [-0.1, -0.05) is 47.3 Å². The third-order valence-corrected chi connectivity index (χ3v) is 1.18. The maximum atomic E-state index is 6.78. The Morgan fingerprint density at radius 2 is 1.54 bits per heavy atom. The van der Waals surface area contributed by atoms with Gasteiger partial charge in [0, 0.05) is 6.21 Å². The molecule has 0 saturated carbocycles. The molecule has 0 aromatic heterocycles. The summed E-state index contributed by atoms with van der Waals surface area (Å²) in [6, 6.07) is 0. The molecule has 0 unspecified atom stereocenters. The van der Waals surface area contributed by atoms with Crippen LogP contribution >= 0.6 is 0 Å². The van der Waals surface area contributed by atoms with Crippen LogP contribution in [0.25, 0.3) is 0 Å². The summed E-state index contributed by atoms with van der Waals surface area (Å²) in [5, 5.41) is 6.78. The summed E-state index contributed by atoms with van der Waals surface area (Å²) >= 11 is 0. The van der Waals surface area contributed by atoms with Crippen LogP contribution in [0.1, 0.15) is 34.6 Å². The lowest BCUT2D eigenvalue weighted by molar-refractivity contribution is 0.737. The van der Waals surface area contributed by atoms with Crippen LogP contribution in [0.5, 0.6) is 0 Å². The van der Waals surface area contributed by atoms with Gasteiger partial charge in [-0.25, -0.2) is 0 Å². The number of nitrogens with one attached hydrogen (secondary N) is 1. The predicted octanol–water partition coefficient (Wildman–Crippen LogP) is 4.07. The molecule has 0 spiro atoms. The number of hydrogen-bond acceptors (Lipinski definition) is 1. The summed E-state index contributed by atoms with van der Waals surface area (Å²) in [5.74, 6) is 1.31. The van der Waals surface area contributed by atoms with E-state index in [1.165, 1.54) is 6.21 Å².